The molecule has 0 aliphatic carbocycles. The van der Waals surface area contributed by atoms with Gasteiger partial charge in [0.05, 0.1) is 6.10 Å². The molecule has 0 bridgehead atoms. The van der Waals surface area contributed by atoms with E-state index >= 15 is 0 Å². The van der Waals surface area contributed by atoms with Crippen molar-refractivity contribution >= 4 is 0 Å². The van der Waals surface area contributed by atoms with Crippen molar-refractivity contribution in [1.29, 1.82) is 0 Å². The quantitative estimate of drug-likeness (QED) is 0.159. The molecule has 0 amide bonds. The Labute approximate surface area is 237 Å². The maximum Gasteiger partial charge on any atom is 0.200 e. The second-order valence-electron chi connectivity index (χ2n) is 10.3. The molecule has 42 heavy (non-hydrogen) atoms. The summed E-state index contributed by atoms with van der Waals surface area (Å²) in [6.07, 6.45) is -5.35. The molecule has 4 aromatic rings. The molecule has 0 fully saturated rings. The molecule has 4 aromatic carbocycles. The first-order valence-corrected chi connectivity index (χ1v) is 12.8. The van der Waals surface area contributed by atoms with Crippen LogP contribution in [-0.2, 0) is 6.42 Å². The number of ether oxygens (including phenoxy) is 2. The molecular weight excluding hydrogens is 552 g/mol. The first-order chi connectivity index (χ1) is 19.9. The number of benzene rings is 4. The summed E-state index contributed by atoms with van der Waals surface area (Å²) in [7, 11) is 0. The van der Waals surface area contributed by atoms with E-state index in [0.29, 0.717) is 5.56 Å². The van der Waals surface area contributed by atoms with Gasteiger partial charge in [0.15, 0.2) is 34.9 Å². The van der Waals surface area contributed by atoms with Gasteiger partial charge in [-0.1, -0.05) is 12.1 Å². The van der Waals surface area contributed by atoms with Crippen LogP contribution in [0.15, 0.2) is 54.6 Å². The second kappa shape index (κ2) is 9.72. The molecule has 12 heteroatoms. The van der Waals surface area contributed by atoms with Crippen LogP contribution in [0, 0.1) is 0 Å². The van der Waals surface area contributed by atoms with Crippen molar-refractivity contribution < 1.29 is 60.5 Å². The summed E-state index contributed by atoms with van der Waals surface area (Å²) in [5.41, 5.74) is 0.770. The molecule has 0 aromatic heterocycles. The van der Waals surface area contributed by atoms with Gasteiger partial charge in [-0.3, -0.25) is 0 Å². The standard InChI is InChI=1S/C30H26O12/c31-13-2-3-14-23(8-13)41-29(12-6-20(36)26(39)21(37)7-12)27(40)24(14)25-19(35)10-17(33)15-9-22(38)28(42-30(15)25)11-1-4-16(32)18(34)5-11/h1-8,10,22,24,27-29,31-40H,9H2/t22-,24-,27+,28+,29+/m0/s1. The van der Waals surface area contributed by atoms with Gasteiger partial charge in [-0.15, -0.1) is 0 Å². The Bertz CT molecular complexity index is 1690. The minimum Gasteiger partial charge on any atom is -0.508 e. The number of fused-ring (bicyclic) bond motifs is 2. The smallest absolute Gasteiger partial charge is 0.200 e. The normalized spacial score (nSPS) is 22.9. The molecule has 2 heterocycles. The zero-order valence-electron chi connectivity index (χ0n) is 21.6. The number of aromatic hydroxyl groups is 8. The van der Waals surface area contributed by atoms with Crippen molar-refractivity contribution in [2.75, 3.05) is 0 Å². The molecule has 0 spiro atoms. The number of aliphatic hydroxyl groups is 2. The lowest BCUT2D eigenvalue weighted by molar-refractivity contribution is 0.00179. The van der Waals surface area contributed by atoms with Gasteiger partial charge in [-0.25, -0.2) is 0 Å². The van der Waals surface area contributed by atoms with Crippen LogP contribution in [0.2, 0.25) is 0 Å². The van der Waals surface area contributed by atoms with E-state index < -0.39 is 59.1 Å². The number of phenols is 8. The van der Waals surface area contributed by atoms with E-state index in [1.165, 1.54) is 36.4 Å². The lowest BCUT2D eigenvalue weighted by Crippen LogP contribution is -2.36. The van der Waals surface area contributed by atoms with Gasteiger partial charge in [0.2, 0.25) is 0 Å². The van der Waals surface area contributed by atoms with Crippen molar-refractivity contribution in [3.05, 3.63) is 82.4 Å². The van der Waals surface area contributed by atoms with Crippen LogP contribution in [0.1, 0.15) is 45.9 Å². The van der Waals surface area contributed by atoms with Crippen molar-refractivity contribution in [3.8, 4) is 57.5 Å². The van der Waals surface area contributed by atoms with Gasteiger partial charge >= 0.3 is 0 Å². The van der Waals surface area contributed by atoms with Crippen LogP contribution in [0.3, 0.4) is 0 Å². The number of aliphatic hydroxyl groups excluding tert-OH is 2. The Balaban J connectivity index is 1.53. The number of hydrogen-bond acceptors (Lipinski definition) is 12. The van der Waals surface area contributed by atoms with Crippen LogP contribution < -0.4 is 9.47 Å². The van der Waals surface area contributed by atoms with E-state index in [0.717, 1.165) is 18.2 Å². The third kappa shape index (κ3) is 4.24. The number of rotatable bonds is 3. The highest BCUT2D eigenvalue weighted by Gasteiger charge is 2.45. The zero-order chi connectivity index (χ0) is 30.0. The Morgan fingerprint density at radius 3 is 1.98 bits per heavy atom. The van der Waals surface area contributed by atoms with Crippen LogP contribution in [-0.4, -0.2) is 63.3 Å². The average molecular weight is 579 g/mol. The predicted molar refractivity (Wildman–Crippen MR) is 143 cm³/mol. The maximum absolute atomic E-state index is 11.7. The molecule has 2 aliphatic heterocycles. The van der Waals surface area contributed by atoms with E-state index in [4.69, 9.17) is 9.47 Å². The number of hydrogen-bond donors (Lipinski definition) is 10. The van der Waals surface area contributed by atoms with Gasteiger partial charge in [-0.05, 0) is 35.9 Å². The predicted octanol–water partition coefficient (Wildman–Crippen LogP) is 3.00. The molecule has 6 rings (SSSR count). The molecular formula is C30H26O12. The monoisotopic (exact) mass is 578 g/mol. The van der Waals surface area contributed by atoms with E-state index in [2.05, 4.69) is 0 Å². The maximum atomic E-state index is 11.7. The average Bonchev–Trinajstić information content (AvgIpc) is 2.94. The Morgan fingerprint density at radius 2 is 1.29 bits per heavy atom. The molecule has 0 unspecified atom stereocenters. The summed E-state index contributed by atoms with van der Waals surface area (Å²) >= 11 is 0. The highest BCUT2D eigenvalue weighted by Crippen LogP contribution is 2.55. The Morgan fingerprint density at radius 1 is 0.595 bits per heavy atom. The van der Waals surface area contributed by atoms with E-state index in [1.807, 2.05) is 0 Å². The Kier molecular flexibility index (Phi) is 6.24. The third-order valence-electron chi connectivity index (χ3n) is 7.68. The van der Waals surface area contributed by atoms with Crippen LogP contribution in [0.5, 0.6) is 57.5 Å². The van der Waals surface area contributed by atoms with Gasteiger partial charge in [0.25, 0.3) is 0 Å². The Hall–Kier alpha value is -5.20. The van der Waals surface area contributed by atoms with Crippen molar-refractivity contribution in [2.45, 2.75) is 36.8 Å². The minimum absolute atomic E-state index is 0.00247. The van der Waals surface area contributed by atoms with Gasteiger partial charge in [0, 0.05) is 46.7 Å². The van der Waals surface area contributed by atoms with E-state index in [-0.39, 0.29) is 57.4 Å². The lowest BCUT2D eigenvalue weighted by atomic mass is 9.77. The van der Waals surface area contributed by atoms with Gasteiger partial charge in [0.1, 0.15) is 41.0 Å². The minimum atomic E-state index is -1.54. The van der Waals surface area contributed by atoms with E-state index in [1.54, 1.807) is 0 Å². The fourth-order valence-electron chi connectivity index (χ4n) is 5.68. The van der Waals surface area contributed by atoms with Crippen LogP contribution in [0.25, 0.3) is 0 Å². The summed E-state index contributed by atoms with van der Waals surface area (Å²) < 4.78 is 12.2. The largest absolute Gasteiger partial charge is 0.508 e. The summed E-state index contributed by atoms with van der Waals surface area (Å²) in [4.78, 5) is 0. The van der Waals surface area contributed by atoms with Crippen LogP contribution >= 0.6 is 0 Å². The van der Waals surface area contributed by atoms with Crippen molar-refractivity contribution in [2.24, 2.45) is 0 Å². The van der Waals surface area contributed by atoms with Gasteiger partial charge in [-0.2, -0.15) is 0 Å². The van der Waals surface area contributed by atoms with Crippen molar-refractivity contribution in [1.82, 2.24) is 0 Å². The highest BCUT2D eigenvalue weighted by atomic mass is 16.5. The first-order valence-electron chi connectivity index (χ1n) is 12.8. The third-order valence-corrected chi connectivity index (χ3v) is 7.68. The summed E-state index contributed by atoms with van der Waals surface area (Å²) in [6.45, 7) is 0. The van der Waals surface area contributed by atoms with Crippen LogP contribution in [0.4, 0.5) is 0 Å². The fourth-order valence-corrected chi connectivity index (χ4v) is 5.68. The molecule has 12 nitrogen and oxygen atoms in total. The second-order valence-corrected chi connectivity index (χ2v) is 10.3. The molecule has 0 saturated heterocycles. The topological polar surface area (TPSA) is 221 Å². The fraction of sp³-hybridized carbons (Fsp3) is 0.200. The molecule has 218 valence electrons. The molecule has 5 atom stereocenters. The lowest BCUT2D eigenvalue weighted by Gasteiger charge is -2.40. The van der Waals surface area contributed by atoms with E-state index in [9.17, 15) is 51.1 Å². The summed E-state index contributed by atoms with van der Waals surface area (Å²) in [5, 5.41) is 105. The van der Waals surface area contributed by atoms with Gasteiger partial charge < -0.3 is 60.5 Å². The molecule has 10 N–H and O–H groups in total. The highest BCUT2D eigenvalue weighted by molar-refractivity contribution is 5.64. The summed E-state index contributed by atoms with van der Waals surface area (Å²) in [5.74, 6) is -5.14. The van der Waals surface area contributed by atoms with Crippen molar-refractivity contribution in [3.63, 3.8) is 0 Å². The number of phenolic OH excluding ortho intramolecular Hbond substituents is 8. The molecule has 2 aliphatic rings. The molecule has 0 saturated carbocycles. The molecule has 0 radical (unpaired) electrons. The summed E-state index contributed by atoms with van der Waals surface area (Å²) in [6, 6.07) is 11.2. The zero-order valence-corrected chi connectivity index (χ0v) is 21.6. The SMILES string of the molecule is Oc1ccc2c(c1)O[C@H](c1cc(O)c(O)c(O)c1)[C@H](O)[C@@H]2c1c(O)cc(O)c2c1O[C@H](c1ccc(O)c(O)c1)[C@@H](O)C2. The first kappa shape index (κ1) is 27.0.